The Balaban J connectivity index is 1.39. The molecular formula is C29H36N2O2. The fourth-order valence-corrected chi connectivity index (χ4v) is 4.89. The van der Waals surface area contributed by atoms with E-state index in [0.717, 1.165) is 50.6 Å². The van der Waals surface area contributed by atoms with Gasteiger partial charge in [0, 0.05) is 31.2 Å². The van der Waals surface area contributed by atoms with Crippen molar-refractivity contribution >= 4 is 0 Å². The van der Waals surface area contributed by atoms with Crippen LogP contribution in [-0.2, 0) is 19.5 Å². The van der Waals surface area contributed by atoms with Crippen LogP contribution in [0, 0.1) is 0 Å². The van der Waals surface area contributed by atoms with Gasteiger partial charge in [0.1, 0.15) is 0 Å². The normalized spacial score (nSPS) is 15.0. The van der Waals surface area contributed by atoms with Crippen LogP contribution in [0.3, 0.4) is 0 Å². The van der Waals surface area contributed by atoms with Gasteiger partial charge in [-0.2, -0.15) is 0 Å². The molecule has 3 aromatic carbocycles. The Morgan fingerprint density at radius 1 is 0.788 bits per heavy atom. The number of ether oxygens (including phenoxy) is 2. The summed E-state index contributed by atoms with van der Waals surface area (Å²) in [6.45, 7) is 5.20. The van der Waals surface area contributed by atoms with Crippen molar-refractivity contribution in [2.75, 3.05) is 33.9 Å². The standard InChI is InChI=1S/C29H36N2O2/c1-32-28-15-9-14-26(29(28)33-2)23-30-19-17-27(18-20-30)31(22-25-12-7-4-8-13-25)21-16-24-10-5-3-6-11-24/h3-15,27H,16-23H2,1-2H3. The number of para-hydroxylation sites is 1. The van der Waals surface area contributed by atoms with E-state index in [1.165, 1.54) is 29.5 Å². The molecular weight excluding hydrogens is 408 g/mol. The highest BCUT2D eigenvalue weighted by molar-refractivity contribution is 5.46. The number of nitrogens with zero attached hydrogens (tertiary/aromatic N) is 2. The molecule has 4 nitrogen and oxygen atoms in total. The summed E-state index contributed by atoms with van der Waals surface area (Å²) < 4.78 is 11.1. The predicted molar refractivity (Wildman–Crippen MR) is 135 cm³/mol. The van der Waals surface area contributed by atoms with E-state index in [1.54, 1.807) is 14.2 Å². The fourth-order valence-electron chi connectivity index (χ4n) is 4.89. The molecule has 4 rings (SSSR count). The molecule has 33 heavy (non-hydrogen) atoms. The van der Waals surface area contributed by atoms with Crippen molar-refractivity contribution in [1.29, 1.82) is 0 Å². The summed E-state index contributed by atoms with van der Waals surface area (Å²) in [5.41, 5.74) is 4.01. The zero-order valence-electron chi connectivity index (χ0n) is 20.0. The highest BCUT2D eigenvalue weighted by Gasteiger charge is 2.25. The van der Waals surface area contributed by atoms with Crippen LogP contribution >= 0.6 is 0 Å². The topological polar surface area (TPSA) is 24.9 Å². The average molecular weight is 445 g/mol. The highest BCUT2D eigenvalue weighted by atomic mass is 16.5. The molecule has 0 aromatic heterocycles. The predicted octanol–water partition coefficient (Wildman–Crippen LogP) is 5.41. The molecule has 1 fully saturated rings. The van der Waals surface area contributed by atoms with Gasteiger partial charge >= 0.3 is 0 Å². The van der Waals surface area contributed by atoms with Crippen LogP contribution in [0.2, 0.25) is 0 Å². The average Bonchev–Trinajstić information content (AvgIpc) is 2.88. The molecule has 4 heteroatoms. The van der Waals surface area contributed by atoms with E-state index in [0.29, 0.717) is 6.04 Å². The minimum Gasteiger partial charge on any atom is -0.493 e. The molecule has 0 atom stereocenters. The van der Waals surface area contributed by atoms with Gasteiger partial charge in [-0.1, -0.05) is 72.8 Å². The quantitative estimate of drug-likeness (QED) is 0.417. The molecule has 0 N–H and O–H groups in total. The van der Waals surface area contributed by atoms with E-state index in [4.69, 9.17) is 9.47 Å². The molecule has 0 radical (unpaired) electrons. The van der Waals surface area contributed by atoms with Crippen molar-refractivity contribution in [3.05, 3.63) is 95.6 Å². The summed E-state index contributed by atoms with van der Waals surface area (Å²) >= 11 is 0. The molecule has 1 aliphatic heterocycles. The van der Waals surface area contributed by atoms with Crippen LogP contribution < -0.4 is 9.47 Å². The van der Waals surface area contributed by atoms with E-state index >= 15 is 0 Å². The molecule has 0 aliphatic carbocycles. The molecule has 1 heterocycles. The van der Waals surface area contributed by atoms with Crippen molar-refractivity contribution in [2.24, 2.45) is 0 Å². The van der Waals surface area contributed by atoms with Crippen molar-refractivity contribution < 1.29 is 9.47 Å². The minimum absolute atomic E-state index is 0.609. The Morgan fingerprint density at radius 3 is 2.09 bits per heavy atom. The Morgan fingerprint density at radius 2 is 1.45 bits per heavy atom. The Hall–Kier alpha value is -2.82. The minimum atomic E-state index is 0.609. The van der Waals surface area contributed by atoms with E-state index < -0.39 is 0 Å². The molecule has 0 unspecified atom stereocenters. The van der Waals surface area contributed by atoms with Crippen molar-refractivity contribution in [2.45, 2.75) is 38.4 Å². The largest absolute Gasteiger partial charge is 0.493 e. The van der Waals surface area contributed by atoms with Crippen molar-refractivity contribution in [3.8, 4) is 11.5 Å². The zero-order valence-corrected chi connectivity index (χ0v) is 20.0. The molecule has 1 aliphatic rings. The number of rotatable bonds is 10. The molecule has 0 saturated carbocycles. The first-order chi connectivity index (χ1) is 16.3. The summed E-state index contributed by atoms with van der Waals surface area (Å²) in [7, 11) is 3.42. The molecule has 1 saturated heterocycles. The number of hydrogen-bond donors (Lipinski definition) is 0. The first-order valence-corrected chi connectivity index (χ1v) is 12.0. The summed E-state index contributed by atoms with van der Waals surface area (Å²) in [5, 5.41) is 0. The van der Waals surface area contributed by atoms with Crippen LogP contribution in [0.4, 0.5) is 0 Å². The number of hydrogen-bond acceptors (Lipinski definition) is 4. The van der Waals surface area contributed by atoms with Gasteiger partial charge in [0.05, 0.1) is 14.2 Å². The maximum atomic E-state index is 5.65. The SMILES string of the molecule is COc1cccc(CN2CCC(N(CCc3ccccc3)Cc3ccccc3)CC2)c1OC. The van der Waals surface area contributed by atoms with Gasteiger partial charge in [0.15, 0.2) is 11.5 Å². The second-order valence-corrected chi connectivity index (χ2v) is 8.85. The summed E-state index contributed by atoms with van der Waals surface area (Å²) in [5.74, 6) is 1.66. The highest BCUT2D eigenvalue weighted by Crippen LogP contribution is 2.32. The number of likely N-dealkylation sites (tertiary alicyclic amines) is 1. The molecule has 0 spiro atoms. The van der Waals surface area contributed by atoms with Gasteiger partial charge in [-0.3, -0.25) is 9.80 Å². The lowest BCUT2D eigenvalue weighted by Crippen LogP contribution is -2.45. The van der Waals surface area contributed by atoms with Gasteiger partial charge in [-0.15, -0.1) is 0 Å². The number of piperidine rings is 1. The van der Waals surface area contributed by atoms with Gasteiger partial charge in [-0.05, 0) is 49.5 Å². The van der Waals surface area contributed by atoms with Gasteiger partial charge in [-0.25, -0.2) is 0 Å². The van der Waals surface area contributed by atoms with E-state index in [9.17, 15) is 0 Å². The van der Waals surface area contributed by atoms with Crippen LogP contribution in [0.15, 0.2) is 78.9 Å². The molecule has 174 valence electrons. The van der Waals surface area contributed by atoms with E-state index in [2.05, 4.69) is 82.6 Å². The second-order valence-electron chi connectivity index (χ2n) is 8.85. The molecule has 0 amide bonds. The van der Waals surface area contributed by atoms with Gasteiger partial charge in [0.25, 0.3) is 0 Å². The molecule has 0 bridgehead atoms. The fraction of sp³-hybridized carbons (Fsp3) is 0.379. The Kier molecular flexibility index (Phi) is 8.40. The van der Waals surface area contributed by atoms with Crippen LogP contribution in [0.5, 0.6) is 11.5 Å². The monoisotopic (exact) mass is 444 g/mol. The number of benzene rings is 3. The third-order valence-electron chi connectivity index (χ3n) is 6.71. The lowest BCUT2D eigenvalue weighted by Gasteiger charge is -2.39. The summed E-state index contributed by atoms with van der Waals surface area (Å²) in [6.07, 6.45) is 3.47. The lowest BCUT2D eigenvalue weighted by molar-refractivity contribution is 0.0992. The second kappa shape index (κ2) is 11.9. The van der Waals surface area contributed by atoms with Gasteiger partial charge in [0.2, 0.25) is 0 Å². The third kappa shape index (κ3) is 6.37. The van der Waals surface area contributed by atoms with Crippen LogP contribution in [0.25, 0.3) is 0 Å². The van der Waals surface area contributed by atoms with Gasteiger partial charge < -0.3 is 9.47 Å². The van der Waals surface area contributed by atoms with Crippen molar-refractivity contribution in [3.63, 3.8) is 0 Å². The van der Waals surface area contributed by atoms with Crippen LogP contribution in [0.1, 0.15) is 29.5 Å². The van der Waals surface area contributed by atoms with E-state index in [1.807, 2.05) is 6.07 Å². The Labute approximate surface area is 198 Å². The first kappa shape index (κ1) is 23.3. The first-order valence-electron chi connectivity index (χ1n) is 12.0. The maximum Gasteiger partial charge on any atom is 0.165 e. The maximum absolute atomic E-state index is 5.65. The summed E-state index contributed by atoms with van der Waals surface area (Å²) in [4.78, 5) is 5.25. The van der Waals surface area contributed by atoms with Crippen molar-refractivity contribution in [1.82, 2.24) is 9.80 Å². The lowest BCUT2D eigenvalue weighted by atomic mass is 10.00. The number of methoxy groups -OCH3 is 2. The summed E-state index contributed by atoms with van der Waals surface area (Å²) in [6, 6.07) is 28.5. The third-order valence-corrected chi connectivity index (χ3v) is 6.71. The van der Waals surface area contributed by atoms with Crippen LogP contribution in [-0.4, -0.2) is 49.7 Å². The Bertz CT molecular complexity index is 969. The zero-order chi connectivity index (χ0) is 22.9. The molecule has 3 aromatic rings. The smallest absolute Gasteiger partial charge is 0.165 e. The van der Waals surface area contributed by atoms with E-state index in [-0.39, 0.29) is 0 Å².